The first kappa shape index (κ1) is 27.4. The molecule has 0 bridgehead atoms. The Morgan fingerprint density at radius 2 is 0.967 bits per heavy atom. The van der Waals surface area contributed by atoms with Crippen LogP contribution in [0.2, 0.25) is 0 Å². The third-order valence-electron chi connectivity index (χ3n) is 3.56. The second kappa shape index (κ2) is 12.1. The van der Waals surface area contributed by atoms with Gasteiger partial charge >= 0.3 is 29.8 Å². The second-order valence-electron chi connectivity index (χ2n) is 8.01. The Morgan fingerprint density at radius 3 is 1.30 bits per heavy atom. The van der Waals surface area contributed by atoms with Crippen molar-refractivity contribution >= 4 is 29.8 Å². The fourth-order valence-corrected chi connectivity index (χ4v) is 2.74. The Morgan fingerprint density at radius 1 is 0.600 bits per heavy atom. The van der Waals surface area contributed by atoms with Crippen LogP contribution in [0, 0.1) is 5.41 Å². The number of carbonyl (C=O) groups is 5. The van der Waals surface area contributed by atoms with Gasteiger partial charge in [0.1, 0.15) is 12.7 Å². The third kappa shape index (κ3) is 12.0. The van der Waals surface area contributed by atoms with Crippen LogP contribution in [0.5, 0.6) is 0 Å². The molecule has 10 heteroatoms. The smallest absolute Gasteiger partial charge is 0.303 e. The Balaban J connectivity index is 6.30. The highest BCUT2D eigenvalue weighted by Gasteiger charge is 2.44. The molecule has 0 fully saturated rings. The molecule has 0 amide bonds. The van der Waals surface area contributed by atoms with Gasteiger partial charge < -0.3 is 23.7 Å². The van der Waals surface area contributed by atoms with Crippen LogP contribution in [-0.4, -0.2) is 60.9 Å². The molecule has 0 spiro atoms. The lowest BCUT2D eigenvalue weighted by Gasteiger charge is -2.37. The summed E-state index contributed by atoms with van der Waals surface area (Å²) in [6.07, 6.45) is -4.84. The normalized spacial score (nSPS) is 15.1. The zero-order valence-corrected chi connectivity index (χ0v) is 18.8. The predicted molar refractivity (Wildman–Crippen MR) is 103 cm³/mol. The minimum absolute atomic E-state index is 0.225. The molecule has 0 N–H and O–H groups in total. The maximum atomic E-state index is 11.8. The third-order valence-corrected chi connectivity index (χ3v) is 3.56. The first-order chi connectivity index (χ1) is 13.6. The SMILES string of the molecule is CC(=O)OC[C@@H](OC(C)=O)[C@@H](OC(C)=O)[C@H](OC(C)=O)[C@H](CC(C)(C)C)OC(C)=O. The van der Waals surface area contributed by atoms with Gasteiger partial charge in [0.05, 0.1) is 0 Å². The van der Waals surface area contributed by atoms with Crippen LogP contribution in [-0.2, 0) is 47.7 Å². The second-order valence-corrected chi connectivity index (χ2v) is 8.01. The van der Waals surface area contributed by atoms with Crippen LogP contribution in [0.25, 0.3) is 0 Å². The molecule has 0 radical (unpaired) electrons. The molecule has 0 heterocycles. The van der Waals surface area contributed by atoms with Gasteiger partial charge in [0.2, 0.25) is 0 Å². The standard InChI is InChI=1S/C20H32O10/c1-11(21)26-10-17(28-13(3)23)19(30-15(5)25)18(29-14(4)24)16(27-12(2)22)9-20(6,7)8/h16-19H,9-10H2,1-8H3/t16-,17+,18+,19+/m0/s1. The van der Waals surface area contributed by atoms with Crippen molar-refractivity contribution in [2.45, 2.75) is 86.2 Å². The molecule has 0 saturated carbocycles. The minimum atomic E-state index is -1.40. The molecule has 4 atom stereocenters. The van der Waals surface area contributed by atoms with E-state index in [9.17, 15) is 24.0 Å². The largest absolute Gasteiger partial charge is 0.462 e. The van der Waals surface area contributed by atoms with Crippen molar-refractivity contribution in [3.63, 3.8) is 0 Å². The van der Waals surface area contributed by atoms with E-state index in [2.05, 4.69) is 0 Å². The molecular weight excluding hydrogens is 400 g/mol. The van der Waals surface area contributed by atoms with Crippen LogP contribution < -0.4 is 0 Å². The lowest BCUT2D eigenvalue weighted by Crippen LogP contribution is -2.53. The Hall–Kier alpha value is -2.65. The summed E-state index contributed by atoms with van der Waals surface area (Å²) in [4.78, 5) is 58.2. The molecule has 0 rings (SSSR count). The average molecular weight is 432 g/mol. The molecule has 0 unspecified atom stereocenters. The molecule has 30 heavy (non-hydrogen) atoms. The number of ether oxygens (including phenoxy) is 5. The van der Waals surface area contributed by atoms with E-state index in [0.717, 1.165) is 27.7 Å². The number of esters is 5. The van der Waals surface area contributed by atoms with Crippen molar-refractivity contribution in [1.82, 2.24) is 0 Å². The summed E-state index contributed by atoms with van der Waals surface area (Å²) in [5.74, 6) is -3.56. The average Bonchev–Trinajstić information content (AvgIpc) is 2.51. The van der Waals surface area contributed by atoms with E-state index in [4.69, 9.17) is 23.7 Å². The summed E-state index contributed by atoms with van der Waals surface area (Å²) in [6, 6.07) is 0. The van der Waals surface area contributed by atoms with Crippen LogP contribution in [0.4, 0.5) is 0 Å². The molecule has 0 aromatic heterocycles. The van der Waals surface area contributed by atoms with Gasteiger partial charge in [-0.1, -0.05) is 20.8 Å². The van der Waals surface area contributed by atoms with Crippen molar-refractivity contribution in [1.29, 1.82) is 0 Å². The molecule has 172 valence electrons. The fraction of sp³-hybridized carbons (Fsp3) is 0.750. The monoisotopic (exact) mass is 432 g/mol. The Bertz CT molecular complexity index is 634. The number of rotatable bonds is 10. The highest BCUT2D eigenvalue weighted by Crippen LogP contribution is 2.29. The summed E-state index contributed by atoms with van der Waals surface area (Å²) in [5, 5.41) is 0. The van der Waals surface area contributed by atoms with Gasteiger partial charge in [-0.05, 0) is 11.8 Å². The van der Waals surface area contributed by atoms with Crippen molar-refractivity contribution in [3.05, 3.63) is 0 Å². The van der Waals surface area contributed by atoms with Crippen molar-refractivity contribution < 1.29 is 47.7 Å². The molecular formula is C20H32O10. The fourth-order valence-electron chi connectivity index (χ4n) is 2.74. The molecule has 0 saturated heterocycles. The number of hydrogen-bond acceptors (Lipinski definition) is 10. The van der Waals surface area contributed by atoms with Crippen LogP contribution in [0.1, 0.15) is 61.8 Å². The highest BCUT2D eigenvalue weighted by molar-refractivity contribution is 5.69. The summed E-state index contributed by atoms with van der Waals surface area (Å²) in [7, 11) is 0. The van der Waals surface area contributed by atoms with Crippen molar-refractivity contribution in [3.8, 4) is 0 Å². The summed E-state index contributed by atoms with van der Waals surface area (Å²) >= 11 is 0. The summed E-state index contributed by atoms with van der Waals surface area (Å²) < 4.78 is 26.2. The van der Waals surface area contributed by atoms with E-state index in [1.54, 1.807) is 0 Å². The number of carbonyl (C=O) groups excluding carboxylic acids is 5. The lowest BCUT2D eigenvalue weighted by atomic mass is 9.85. The first-order valence-electron chi connectivity index (χ1n) is 9.44. The van der Waals surface area contributed by atoms with E-state index in [1.807, 2.05) is 20.8 Å². The molecule has 0 aliphatic heterocycles. The minimum Gasteiger partial charge on any atom is -0.462 e. The van der Waals surface area contributed by atoms with Gasteiger partial charge in [-0.15, -0.1) is 0 Å². The maximum absolute atomic E-state index is 11.8. The molecule has 0 aliphatic rings. The predicted octanol–water partition coefficient (Wildman–Crippen LogP) is 1.71. The van der Waals surface area contributed by atoms with E-state index in [0.29, 0.717) is 0 Å². The van der Waals surface area contributed by atoms with Gasteiger partial charge in [0.15, 0.2) is 18.3 Å². The number of hydrogen-bond donors (Lipinski definition) is 0. The van der Waals surface area contributed by atoms with E-state index in [-0.39, 0.29) is 11.8 Å². The maximum Gasteiger partial charge on any atom is 0.303 e. The van der Waals surface area contributed by atoms with Gasteiger partial charge in [-0.2, -0.15) is 0 Å². The first-order valence-corrected chi connectivity index (χ1v) is 9.44. The van der Waals surface area contributed by atoms with Crippen molar-refractivity contribution in [2.75, 3.05) is 6.61 Å². The lowest BCUT2D eigenvalue weighted by molar-refractivity contribution is -0.204. The van der Waals surface area contributed by atoms with Gasteiger partial charge in [-0.25, -0.2) is 0 Å². The molecule has 0 aromatic carbocycles. The Kier molecular flexibility index (Phi) is 11.1. The topological polar surface area (TPSA) is 132 Å². The van der Waals surface area contributed by atoms with E-state index in [1.165, 1.54) is 6.92 Å². The molecule has 0 aliphatic carbocycles. The van der Waals surface area contributed by atoms with Gasteiger partial charge in [0.25, 0.3) is 0 Å². The van der Waals surface area contributed by atoms with Crippen LogP contribution in [0.3, 0.4) is 0 Å². The van der Waals surface area contributed by atoms with E-state index < -0.39 is 60.9 Å². The van der Waals surface area contributed by atoms with Gasteiger partial charge in [-0.3, -0.25) is 24.0 Å². The highest BCUT2D eigenvalue weighted by atomic mass is 16.6. The zero-order valence-electron chi connectivity index (χ0n) is 18.8. The van der Waals surface area contributed by atoms with Gasteiger partial charge in [0, 0.05) is 34.6 Å². The summed E-state index contributed by atoms with van der Waals surface area (Å²) in [5.41, 5.74) is -0.383. The van der Waals surface area contributed by atoms with Crippen LogP contribution in [0.15, 0.2) is 0 Å². The van der Waals surface area contributed by atoms with E-state index >= 15 is 0 Å². The zero-order chi connectivity index (χ0) is 23.6. The summed E-state index contributed by atoms with van der Waals surface area (Å²) in [6.45, 7) is 10.8. The quantitative estimate of drug-likeness (QED) is 0.371. The molecule has 0 aromatic rings. The van der Waals surface area contributed by atoms with Crippen molar-refractivity contribution in [2.24, 2.45) is 5.41 Å². The Labute approximate surface area is 176 Å². The molecule has 10 nitrogen and oxygen atoms in total. The van der Waals surface area contributed by atoms with Crippen LogP contribution >= 0.6 is 0 Å².